The normalized spacial score (nSPS) is 24.7. The third kappa shape index (κ3) is 4.01. The van der Waals surface area contributed by atoms with Gasteiger partial charge in [-0.1, -0.05) is 37.1 Å². The summed E-state index contributed by atoms with van der Waals surface area (Å²) in [6, 6.07) is 8.42. The van der Waals surface area contributed by atoms with Crippen LogP contribution in [0.4, 0.5) is 0 Å². The van der Waals surface area contributed by atoms with Crippen LogP contribution >= 0.6 is 0 Å². The molecule has 23 heavy (non-hydrogen) atoms. The fourth-order valence-corrected chi connectivity index (χ4v) is 3.65. The van der Waals surface area contributed by atoms with Crippen molar-refractivity contribution in [3.63, 3.8) is 0 Å². The van der Waals surface area contributed by atoms with E-state index in [0.717, 1.165) is 30.6 Å². The molecule has 1 aliphatic heterocycles. The average Bonchev–Trinajstić information content (AvgIpc) is 3.10. The van der Waals surface area contributed by atoms with Gasteiger partial charge < -0.3 is 10.1 Å². The van der Waals surface area contributed by atoms with Crippen molar-refractivity contribution in [1.29, 1.82) is 0 Å². The zero-order valence-corrected chi connectivity index (χ0v) is 13.8. The van der Waals surface area contributed by atoms with Gasteiger partial charge in [0.15, 0.2) is 0 Å². The molecule has 2 unspecified atom stereocenters. The second-order valence-corrected chi connectivity index (χ2v) is 6.49. The predicted molar refractivity (Wildman–Crippen MR) is 91.4 cm³/mol. The molecule has 0 radical (unpaired) electrons. The number of nitrogens with one attached hydrogen (secondary N) is 1. The summed E-state index contributed by atoms with van der Waals surface area (Å²) in [4.78, 5) is 15.0. The van der Waals surface area contributed by atoms with Crippen molar-refractivity contribution < 1.29 is 9.53 Å². The fraction of sp³-hybridized carbons (Fsp3) is 0.526. The van der Waals surface area contributed by atoms with Crippen molar-refractivity contribution in [3.8, 4) is 0 Å². The highest BCUT2D eigenvalue weighted by Crippen LogP contribution is 2.25. The maximum absolute atomic E-state index is 12.6. The van der Waals surface area contributed by atoms with Gasteiger partial charge in [0.2, 0.25) is 0 Å². The largest absolute Gasteiger partial charge is 0.380 e. The molecule has 124 valence electrons. The first-order valence-electron chi connectivity index (χ1n) is 8.55. The van der Waals surface area contributed by atoms with Crippen molar-refractivity contribution in [2.75, 3.05) is 20.2 Å². The smallest absolute Gasteiger partial charge is 0.251 e. The molecule has 1 heterocycles. The van der Waals surface area contributed by atoms with Gasteiger partial charge >= 0.3 is 0 Å². The van der Waals surface area contributed by atoms with Gasteiger partial charge in [0.25, 0.3) is 5.91 Å². The highest BCUT2D eigenvalue weighted by Gasteiger charge is 2.31. The molecule has 2 atom stereocenters. The molecule has 3 rings (SSSR count). The lowest BCUT2D eigenvalue weighted by molar-refractivity contribution is 0.0867. The number of carbonyl (C=O) groups is 1. The van der Waals surface area contributed by atoms with Gasteiger partial charge in [-0.05, 0) is 30.5 Å². The molecule has 2 aliphatic rings. The number of rotatable bonds is 5. The molecular formula is C19H26N2O2. The Hall–Kier alpha value is -1.65. The number of methoxy groups -OCH3 is 1. The summed E-state index contributed by atoms with van der Waals surface area (Å²) < 4.78 is 5.11. The van der Waals surface area contributed by atoms with E-state index in [2.05, 4.69) is 22.4 Å². The maximum atomic E-state index is 12.6. The van der Waals surface area contributed by atoms with Crippen LogP contribution in [-0.4, -0.2) is 43.1 Å². The lowest BCUT2D eigenvalue weighted by Crippen LogP contribution is -2.52. The van der Waals surface area contributed by atoms with Crippen molar-refractivity contribution >= 4 is 5.91 Å². The Balaban J connectivity index is 1.62. The molecule has 0 spiro atoms. The number of hydrogen-bond acceptors (Lipinski definition) is 3. The van der Waals surface area contributed by atoms with E-state index in [-0.39, 0.29) is 11.9 Å². The summed E-state index contributed by atoms with van der Waals surface area (Å²) >= 11 is 0. The molecule has 1 N–H and O–H groups in total. The topological polar surface area (TPSA) is 41.6 Å². The molecule has 4 nitrogen and oxygen atoms in total. The molecular weight excluding hydrogens is 288 g/mol. The van der Waals surface area contributed by atoms with Crippen LogP contribution in [0.3, 0.4) is 0 Å². The first kappa shape index (κ1) is 16.2. The Morgan fingerprint density at radius 1 is 1.17 bits per heavy atom. The molecule has 0 aromatic heterocycles. The quantitative estimate of drug-likeness (QED) is 0.850. The van der Waals surface area contributed by atoms with Crippen molar-refractivity contribution in [3.05, 3.63) is 47.5 Å². The minimum Gasteiger partial charge on any atom is -0.380 e. The SMILES string of the molecule is COCc1ccc(C(=O)NC2CCCCC2N2CC=CC2)cc1. The summed E-state index contributed by atoms with van der Waals surface area (Å²) in [5, 5.41) is 3.27. The van der Waals surface area contributed by atoms with Gasteiger partial charge in [-0.15, -0.1) is 0 Å². The first-order valence-corrected chi connectivity index (χ1v) is 8.55. The van der Waals surface area contributed by atoms with Crippen LogP contribution in [0.2, 0.25) is 0 Å². The zero-order chi connectivity index (χ0) is 16.1. The van der Waals surface area contributed by atoms with E-state index in [9.17, 15) is 4.79 Å². The molecule has 0 bridgehead atoms. The third-order valence-electron chi connectivity index (χ3n) is 4.89. The summed E-state index contributed by atoms with van der Waals surface area (Å²) in [5.74, 6) is 0.0398. The predicted octanol–water partition coefficient (Wildman–Crippen LogP) is 2.75. The average molecular weight is 314 g/mol. The second-order valence-electron chi connectivity index (χ2n) is 6.49. The van der Waals surface area contributed by atoms with Crippen LogP contribution in [0.15, 0.2) is 36.4 Å². The van der Waals surface area contributed by atoms with Crippen LogP contribution in [0.1, 0.15) is 41.6 Å². The van der Waals surface area contributed by atoms with Crippen molar-refractivity contribution in [1.82, 2.24) is 10.2 Å². The number of hydrogen-bond donors (Lipinski definition) is 1. The highest BCUT2D eigenvalue weighted by atomic mass is 16.5. The first-order chi connectivity index (χ1) is 11.3. The molecule has 1 aromatic rings. The highest BCUT2D eigenvalue weighted by molar-refractivity contribution is 5.94. The van der Waals surface area contributed by atoms with Crippen LogP contribution < -0.4 is 5.32 Å². The summed E-state index contributed by atoms with van der Waals surface area (Å²) in [6.45, 7) is 2.61. The summed E-state index contributed by atoms with van der Waals surface area (Å²) in [5.41, 5.74) is 1.82. The van der Waals surface area contributed by atoms with Crippen LogP contribution in [-0.2, 0) is 11.3 Å². The minimum absolute atomic E-state index is 0.0398. The Bertz CT molecular complexity index is 545. The van der Waals surface area contributed by atoms with E-state index in [0.29, 0.717) is 12.6 Å². The van der Waals surface area contributed by atoms with E-state index in [1.807, 2.05) is 24.3 Å². The minimum atomic E-state index is 0.0398. The lowest BCUT2D eigenvalue weighted by Gasteiger charge is -2.38. The fourth-order valence-electron chi connectivity index (χ4n) is 3.65. The molecule has 1 amide bonds. The number of ether oxygens (including phenoxy) is 1. The maximum Gasteiger partial charge on any atom is 0.251 e. The molecule has 0 saturated heterocycles. The number of nitrogens with zero attached hydrogens (tertiary/aromatic N) is 1. The zero-order valence-electron chi connectivity index (χ0n) is 13.8. The van der Waals surface area contributed by atoms with Gasteiger partial charge in [0.05, 0.1) is 6.61 Å². The van der Waals surface area contributed by atoms with Gasteiger partial charge in [-0.2, -0.15) is 0 Å². The molecule has 1 fully saturated rings. The number of amides is 1. The summed E-state index contributed by atoms with van der Waals surface area (Å²) in [7, 11) is 1.68. The van der Waals surface area contributed by atoms with Crippen LogP contribution in [0, 0.1) is 0 Å². The Morgan fingerprint density at radius 2 is 1.87 bits per heavy atom. The van der Waals surface area contributed by atoms with Crippen molar-refractivity contribution in [2.45, 2.75) is 44.4 Å². The molecule has 1 saturated carbocycles. The van der Waals surface area contributed by atoms with E-state index in [1.54, 1.807) is 7.11 Å². The molecule has 1 aromatic carbocycles. The standard InChI is InChI=1S/C19H26N2O2/c1-23-14-15-8-10-16(11-9-15)19(22)20-17-6-2-3-7-18(17)21-12-4-5-13-21/h4-5,8-11,17-18H,2-3,6-7,12-14H2,1H3,(H,20,22). The van der Waals surface area contributed by atoms with E-state index >= 15 is 0 Å². The van der Waals surface area contributed by atoms with E-state index < -0.39 is 0 Å². The van der Waals surface area contributed by atoms with Crippen LogP contribution in [0.25, 0.3) is 0 Å². The van der Waals surface area contributed by atoms with E-state index in [1.165, 1.54) is 19.3 Å². The van der Waals surface area contributed by atoms with Crippen molar-refractivity contribution in [2.24, 2.45) is 0 Å². The monoisotopic (exact) mass is 314 g/mol. The lowest BCUT2D eigenvalue weighted by atomic mass is 9.89. The third-order valence-corrected chi connectivity index (χ3v) is 4.89. The van der Waals surface area contributed by atoms with Gasteiger partial charge in [0.1, 0.15) is 0 Å². The molecule has 4 heteroatoms. The number of benzene rings is 1. The van der Waals surface area contributed by atoms with Gasteiger partial charge in [-0.25, -0.2) is 0 Å². The Kier molecular flexibility index (Phi) is 5.47. The number of carbonyl (C=O) groups excluding carboxylic acids is 1. The second kappa shape index (κ2) is 7.75. The Morgan fingerprint density at radius 3 is 2.57 bits per heavy atom. The Labute approximate surface area is 138 Å². The van der Waals surface area contributed by atoms with Gasteiger partial charge in [0, 0.05) is 37.8 Å². The molecule has 1 aliphatic carbocycles. The van der Waals surface area contributed by atoms with E-state index in [4.69, 9.17) is 4.74 Å². The van der Waals surface area contributed by atoms with Gasteiger partial charge in [-0.3, -0.25) is 9.69 Å². The summed E-state index contributed by atoms with van der Waals surface area (Å²) in [6.07, 6.45) is 9.17. The van der Waals surface area contributed by atoms with Crippen LogP contribution in [0.5, 0.6) is 0 Å².